The highest BCUT2D eigenvalue weighted by molar-refractivity contribution is 4.75. The third-order valence-corrected chi connectivity index (χ3v) is 6.68. The van der Waals surface area contributed by atoms with E-state index < -0.39 is 0 Å². The number of quaternary nitrogens is 1. The first-order valence-corrected chi connectivity index (χ1v) is 12.1. The van der Waals surface area contributed by atoms with Gasteiger partial charge in [0, 0.05) is 6.42 Å². The third kappa shape index (κ3) is 10.9. The summed E-state index contributed by atoms with van der Waals surface area (Å²) in [6, 6.07) is 0.478. The van der Waals surface area contributed by atoms with Crippen molar-refractivity contribution in [1.29, 1.82) is 0 Å². The largest absolute Gasteiger partial charge is 0.387 e. The van der Waals surface area contributed by atoms with Crippen LogP contribution in [0.2, 0.25) is 0 Å². The highest BCUT2D eigenvalue weighted by Gasteiger charge is 2.35. The predicted octanol–water partition coefficient (Wildman–Crippen LogP) is 6.85. The van der Waals surface area contributed by atoms with Crippen LogP contribution in [0, 0.1) is 0 Å². The van der Waals surface area contributed by atoms with Crippen molar-refractivity contribution in [1.82, 2.24) is 0 Å². The molecule has 0 heterocycles. The lowest BCUT2D eigenvalue weighted by Crippen LogP contribution is -2.56. The van der Waals surface area contributed by atoms with Gasteiger partial charge in [-0.2, -0.15) is 0 Å². The molecule has 0 aromatic carbocycles. The molecule has 0 aliphatic heterocycles. The first-order valence-electron chi connectivity index (χ1n) is 12.1. The Labute approximate surface area is 165 Å². The van der Waals surface area contributed by atoms with Gasteiger partial charge in [0.25, 0.3) is 0 Å². The Balaban J connectivity index is 1.88. The van der Waals surface area contributed by atoms with Crippen LogP contribution in [-0.4, -0.2) is 42.4 Å². The summed E-state index contributed by atoms with van der Waals surface area (Å²) in [5.41, 5.74) is 0. The van der Waals surface area contributed by atoms with E-state index in [4.69, 9.17) is 0 Å². The number of likely N-dealkylation sites (N-methyl/N-ethyl adjacent to an activating group) is 1. The zero-order chi connectivity index (χ0) is 19.1. The maximum Gasteiger partial charge on any atom is 0.115 e. The first-order chi connectivity index (χ1) is 12.6. The molecule has 2 heteroatoms. The normalized spacial score (nSPS) is 21.2. The third-order valence-electron chi connectivity index (χ3n) is 6.68. The summed E-state index contributed by atoms with van der Waals surface area (Å²) >= 11 is 0. The number of aliphatic hydroxyl groups excluding tert-OH is 1. The van der Waals surface area contributed by atoms with Gasteiger partial charge in [-0.15, -0.1) is 0 Å². The lowest BCUT2D eigenvalue weighted by Gasteiger charge is -2.42. The number of hydrogen-bond acceptors (Lipinski definition) is 1. The molecule has 2 unspecified atom stereocenters. The van der Waals surface area contributed by atoms with E-state index in [1.54, 1.807) is 0 Å². The molecule has 1 fully saturated rings. The van der Waals surface area contributed by atoms with Crippen LogP contribution in [0.3, 0.4) is 0 Å². The minimum Gasteiger partial charge on any atom is -0.387 e. The fourth-order valence-corrected chi connectivity index (χ4v) is 4.79. The molecule has 1 N–H and O–H groups in total. The van der Waals surface area contributed by atoms with E-state index in [2.05, 4.69) is 21.0 Å². The van der Waals surface area contributed by atoms with Crippen molar-refractivity contribution in [3.05, 3.63) is 0 Å². The summed E-state index contributed by atoms with van der Waals surface area (Å²) in [7, 11) is 4.67. The fourth-order valence-electron chi connectivity index (χ4n) is 4.79. The topological polar surface area (TPSA) is 20.2 Å². The standard InChI is InChI=1S/C24H50NO/c1-4-5-6-7-8-9-10-11-12-13-14-15-16-19-22-25(2,3)23-20-17-18-21-24(23)26/h23-24,26H,4-22H2,1-3H3/q+1. The molecule has 0 aromatic heterocycles. The second-order valence-corrected chi connectivity index (χ2v) is 9.52. The molecule has 0 amide bonds. The summed E-state index contributed by atoms with van der Waals surface area (Å²) in [4.78, 5) is 0. The average molecular weight is 369 g/mol. The van der Waals surface area contributed by atoms with Gasteiger partial charge in [0.05, 0.1) is 20.6 Å². The van der Waals surface area contributed by atoms with Crippen LogP contribution in [0.4, 0.5) is 0 Å². The molecule has 26 heavy (non-hydrogen) atoms. The van der Waals surface area contributed by atoms with Crippen molar-refractivity contribution in [2.45, 2.75) is 135 Å². The molecule has 1 rings (SSSR count). The molecule has 2 nitrogen and oxygen atoms in total. The van der Waals surface area contributed by atoms with Gasteiger partial charge in [0.15, 0.2) is 0 Å². The maximum absolute atomic E-state index is 10.3. The molecular formula is C24H50NO+. The van der Waals surface area contributed by atoms with Gasteiger partial charge in [0.1, 0.15) is 12.1 Å². The van der Waals surface area contributed by atoms with Gasteiger partial charge in [-0.3, -0.25) is 0 Å². The van der Waals surface area contributed by atoms with Crippen LogP contribution in [0.25, 0.3) is 0 Å². The van der Waals surface area contributed by atoms with Crippen molar-refractivity contribution < 1.29 is 9.59 Å². The van der Waals surface area contributed by atoms with Crippen molar-refractivity contribution >= 4 is 0 Å². The van der Waals surface area contributed by atoms with E-state index in [1.807, 2.05) is 0 Å². The first kappa shape index (κ1) is 24.0. The minimum atomic E-state index is -0.0644. The Morgan fingerprint density at radius 1 is 0.654 bits per heavy atom. The quantitative estimate of drug-likeness (QED) is 0.233. The van der Waals surface area contributed by atoms with Gasteiger partial charge in [0.2, 0.25) is 0 Å². The molecule has 0 bridgehead atoms. The van der Waals surface area contributed by atoms with Gasteiger partial charge in [-0.25, -0.2) is 0 Å². The van der Waals surface area contributed by atoms with Gasteiger partial charge >= 0.3 is 0 Å². The molecule has 0 radical (unpaired) electrons. The molecule has 1 aliphatic carbocycles. The Morgan fingerprint density at radius 3 is 1.54 bits per heavy atom. The summed E-state index contributed by atoms with van der Waals surface area (Å²) < 4.78 is 1.03. The monoisotopic (exact) mass is 368 g/mol. The molecule has 1 aliphatic rings. The lowest BCUT2D eigenvalue weighted by atomic mass is 9.90. The smallest absolute Gasteiger partial charge is 0.115 e. The molecule has 2 atom stereocenters. The highest BCUT2D eigenvalue weighted by Crippen LogP contribution is 2.26. The van der Waals surface area contributed by atoms with E-state index in [1.165, 1.54) is 116 Å². The minimum absolute atomic E-state index is 0.0644. The Kier molecular flexibility index (Phi) is 13.7. The Morgan fingerprint density at radius 2 is 1.08 bits per heavy atom. The van der Waals surface area contributed by atoms with Gasteiger partial charge in [-0.1, -0.05) is 90.4 Å². The highest BCUT2D eigenvalue weighted by atomic mass is 16.3. The molecule has 0 aromatic rings. The second-order valence-electron chi connectivity index (χ2n) is 9.52. The Hall–Kier alpha value is -0.0800. The van der Waals surface area contributed by atoms with Crippen molar-refractivity contribution in [3.8, 4) is 0 Å². The molecular weight excluding hydrogens is 318 g/mol. The zero-order valence-electron chi connectivity index (χ0n) is 18.5. The van der Waals surface area contributed by atoms with Crippen LogP contribution < -0.4 is 0 Å². The molecule has 156 valence electrons. The van der Waals surface area contributed by atoms with Crippen molar-refractivity contribution in [2.75, 3.05) is 20.6 Å². The number of aliphatic hydroxyl groups is 1. The van der Waals surface area contributed by atoms with E-state index in [0.717, 1.165) is 10.9 Å². The number of unbranched alkanes of at least 4 members (excludes halogenated alkanes) is 13. The summed E-state index contributed by atoms with van der Waals surface area (Å²) in [6.07, 6.45) is 24.7. The van der Waals surface area contributed by atoms with Crippen molar-refractivity contribution in [3.63, 3.8) is 0 Å². The fraction of sp³-hybridized carbons (Fsp3) is 1.00. The number of hydrogen-bond donors (Lipinski definition) is 1. The van der Waals surface area contributed by atoms with Crippen LogP contribution >= 0.6 is 0 Å². The van der Waals surface area contributed by atoms with E-state index in [9.17, 15) is 5.11 Å². The Bertz CT molecular complexity index is 315. The molecule has 1 saturated carbocycles. The number of nitrogens with zero attached hydrogens (tertiary/aromatic N) is 1. The lowest BCUT2D eigenvalue weighted by molar-refractivity contribution is -0.920. The maximum atomic E-state index is 10.3. The van der Waals surface area contributed by atoms with E-state index in [0.29, 0.717) is 6.04 Å². The van der Waals surface area contributed by atoms with Crippen LogP contribution in [0.5, 0.6) is 0 Å². The summed E-state index contributed by atoms with van der Waals surface area (Å²) in [6.45, 7) is 3.53. The number of rotatable bonds is 16. The average Bonchev–Trinajstić information content (AvgIpc) is 2.62. The second kappa shape index (κ2) is 14.9. The molecule has 0 saturated heterocycles. The van der Waals surface area contributed by atoms with Gasteiger partial charge in [-0.05, 0) is 25.7 Å². The summed E-state index contributed by atoms with van der Waals surface area (Å²) in [5.74, 6) is 0. The van der Waals surface area contributed by atoms with E-state index >= 15 is 0 Å². The van der Waals surface area contributed by atoms with Crippen LogP contribution in [0.15, 0.2) is 0 Å². The van der Waals surface area contributed by atoms with E-state index in [-0.39, 0.29) is 6.10 Å². The summed E-state index contributed by atoms with van der Waals surface area (Å²) in [5, 5.41) is 10.3. The van der Waals surface area contributed by atoms with Crippen LogP contribution in [-0.2, 0) is 0 Å². The molecule has 0 spiro atoms. The SMILES string of the molecule is CCCCCCCCCCCCCCCC[N+](C)(C)C1CCCCC1O. The van der Waals surface area contributed by atoms with Crippen LogP contribution in [0.1, 0.15) is 122 Å². The predicted molar refractivity (Wildman–Crippen MR) is 116 cm³/mol. The van der Waals surface area contributed by atoms with Crippen molar-refractivity contribution in [2.24, 2.45) is 0 Å². The zero-order valence-corrected chi connectivity index (χ0v) is 18.5. The van der Waals surface area contributed by atoms with Gasteiger partial charge < -0.3 is 9.59 Å².